The van der Waals surface area contributed by atoms with Crippen molar-refractivity contribution < 1.29 is 19.4 Å². The van der Waals surface area contributed by atoms with Crippen LogP contribution in [0.5, 0.6) is 5.75 Å². The Kier molecular flexibility index (Phi) is 7.20. The number of anilines is 1. The molecule has 192 valence electrons. The van der Waals surface area contributed by atoms with Gasteiger partial charge in [0, 0.05) is 16.3 Å². The molecule has 1 heterocycles. The zero-order chi connectivity index (χ0) is 27.1. The number of aliphatic hydroxyl groups is 1. The number of nitrogens with zero attached hydrogens (tertiary/aromatic N) is 1. The van der Waals surface area contributed by atoms with Gasteiger partial charge in [0.25, 0.3) is 11.7 Å². The van der Waals surface area contributed by atoms with Gasteiger partial charge in [0.15, 0.2) is 0 Å². The number of aryl methyl sites for hydroxylation is 1. The number of hydrogen-bond acceptors (Lipinski definition) is 4. The molecule has 0 radical (unpaired) electrons. The number of hydrogen-bond donors (Lipinski definition) is 1. The van der Waals surface area contributed by atoms with Crippen LogP contribution < -0.4 is 9.64 Å². The summed E-state index contributed by atoms with van der Waals surface area (Å²) in [5.74, 6) is -1.05. The number of Topliss-reactive ketones (excluding diaryl/α,β-unsaturated/α-hetero) is 1. The van der Waals surface area contributed by atoms with Crippen molar-refractivity contribution in [1.29, 1.82) is 0 Å². The molecule has 0 bridgehead atoms. The van der Waals surface area contributed by atoms with E-state index >= 15 is 0 Å². The van der Waals surface area contributed by atoms with Crippen LogP contribution in [0.4, 0.5) is 5.69 Å². The first-order chi connectivity index (χ1) is 17.4. The third kappa shape index (κ3) is 5.28. The van der Waals surface area contributed by atoms with Crippen LogP contribution in [0.25, 0.3) is 5.76 Å². The molecule has 1 N–H and O–H groups in total. The van der Waals surface area contributed by atoms with Crippen molar-refractivity contribution in [3.8, 4) is 5.75 Å². The van der Waals surface area contributed by atoms with Crippen LogP contribution in [-0.2, 0) is 15.0 Å². The summed E-state index contributed by atoms with van der Waals surface area (Å²) in [7, 11) is 0. The van der Waals surface area contributed by atoms with Gasteiger partial charge in [-0.1, -0.05) is 62.7 Å². The molecule has 1 atom stereocenters. The summed E-state index contributed by atoms with van der Waals surface area (Å²) in [5.41, 5.74) is 3.57. The number of halogens is 1. The maximum atomic E-state index is 13.4. The zero-order valence-electron chi connectivity index (χ0n) is 22.0. The van der Waals surface area contributed by atoms with Gasteiger partial charge in [-0.25, -0.2) is 0 Å². The third-order valence-electron chi connectivity index (χ3n) is 6.47. The molecule has 4 rings (SSSR count). The Balaban J connectivity index is 1.88. The molecule has 1 unspecified atom stereocenters. The van der Waals surface area contributed by atoms with Crippen LogP contribution in [0, 0.1) is 6.92 Å². The van der Waals surface area contributed by atoms with E-state index in [9.17, 15) is 14.7 Å². The van der Waals surface area contributed by atoms with Crippen LogP contribution in [-0.4, -0.2) is 22.9 Å². The lowest BCUT2D eigenvalue weighted by atomic mass is 9.85. The van der Waals surface area contributed by atoms with Crippen molar-refractivity contribution in [2.75, 3.05) is 4.90 Å². The molecular formula is C31H32ClNO4. The summed E-state index contributed by atoms with van der Waals surface area (Å²) in [6.45, 7) is 12.1. The minimum absolute atomic E-state index is 0.00201. The van der Waals surface area contributed by atoms with Gasteiger partial charge in [-0.2, -0.15) is 0 Å². The number of ketones is 1. The first-order valence-corrected chi connectivity index (χ1v) is 12.7. The molecule has 0 spiro atoms. The van der Waals surface area contributed by atoms with Crippen molar-refractivity contribution in [1.82, 2.24) is 0 Å². The Morgan fingerprint density at radius 1 is 0.973 bits per heavy atom. The van der Waals surface area contributed by atoms with Gasteiger partial charge in [-0.15, -0.1) is 0 Å². The van der Waals surface area contributed by atoms with Crippen molar-refractivity contribution >= 4 is 34.7 Å². The van der Waals surface area contributed by atoms with Crippen LogP contribution in [0.1, 0.15) is 62.9 Å². The molecule has 3 aromatic rings. The molecule has 3 aromatic carbocycles. The summed E-state index contributed by atoms with van der Waals surface area (Å²) < 4.78 is 5.70. The van der Waals surface area contributed by atoms with Crippen molar-refractivity contribution in [3.63, 3.8) is 0 Å². The Hall–Kier alpha value is -3.57. The Morgan fingerprint density at radius 2 is 1.59 bits per heavy atom. The van der Waals surface area contributed by atoms with Gasteiger partial charge >= 0.3 is 0 Å². The van der Waals surface area contributed by atoms with Crippen LogP contribution in [0.15, 0.2) is 72.3 Å². The average Bonchev–Trinajstić information content (AvgIpc) is 3.10. The van der Waals surface area contributed by atoms with Crippen LogP contribution >= 0.6 is 11.6 Å². The van der Waals surface area contributed by atoms with E-state index in [1.165, 1.54) is 4.90 Å². The van der Waals surface area contributed by atoms with Crippen molar-refractivity contribution in [2.24, 2.45) is 0 Å². The van der Waals surface area contributed by atoms with E-state index in [4.69, 9.17) is 16.3 Å². The molecule has 0 aliphatic carbocycles. The van der Waals surface area contributed by atoms with E-state index in [1.807, 2.05) is 51.1 Å². The summed E-state index contributed by atoms with van der Waals surface area (Å²) in [6, 6.07) is 19.1. The predicted octanol–water partition coefficient (Wildman–Crippen LogP) is 7.36. The lowest BCUT2D eigenvalue weighted by molar-refractivity contribution is -0.132. The van der Waals surface area contributed by atoms with Gasteiger partial charge in [0.05, 0.1) is 17.7 Å². The summed E-state index contributed by atoms with van der Waals surface area (Å²) >= 11 is 6.39. The highest BCUT2D eigenvalue weighted by atomic mass is 35.5. The second-order valence-electron chi connectivity index (χ2n) is 10.7. The van der Waals surface area contributed by atoms with E-state index in [-0.39, 0.29) is 22.9 Å². The van der Waals surface area contributed by atoms with Gasteiger partial charge in [0.1, 0.15) is 11.5 Å². The molecule has 1 amide bonds. The van der Waals surface area contributed by atoms with E-state index in [2.05, 4.69) is 20.8 Å². The topological polar surface area (TPSA) is 66.8 Å². The molecule has 1 aliphatic heterocycles. The van der Waals surface area contributed by atoms with Gasteiger partial charge in [0.2, 0.25) is 0 Å². The molecule has 1 fully saturated rings. The minimum Gasteiger partial charge on any atom is -0.507 e. The lowest BCUT2D eigenvalue weighted by Gasteiger charge is -2.27. The molecule has 0 saturated carbocycles. The van der Waals surface area contributed by atoms with E-state index in [1.54, 1.807) is 36.4 Å². The molecule has 6 heteroatoms. The van der Waals surface area contributed by atoms with Gasteiger partial charge < -0.3 is 9.84 Å². The molecule has 5 nitrogen and oxygen atoms in total. The highest BCUT2D eigenvalue weighted by Gasteiger charge is 2.47. The largest absolute Gasteiger partial charge is 0.507 e. The van der Waals surface area contributed by atoms with Gasteiger partial charge in [-0.3, -0.25) is 14.5 Å². The maximum absolute atomic E-state index is 13.4. The minimum atomic E-state index is -0.820. The van der Waals surface area contributed by atoms with Gasteiger partial charge in [-0.05, 0) is 79.3 Å². The highest BCUT2D eigenvalue weighted by molar-refractivity contribution is 6.51. The summed E-state index contributed by atoms with van der Waals surface area (Å²) in [6.07, 6.45) is 0.00201. The number of amides is 1. The molecule has 0 aromatic heterocycles. The average molecular weight is 518 g/mol. The fraction of sp³-hybridized carbons (Fsp3) is 0.290. The Labute approximate surface area is 223 Å². The van der Waals surface area contributed by atoms with E-state index < -0.39 is 17.7 Å². The maximum Gasteiger partial charge on any atom is 0.300 e. The monoisotopic (exact) mass is 517 g/mol. The number of rotatable bonds is 5. The van der Waals surface area contributed by atoms with Crippen LogP contribution in [0.3, 0.4) is 0 Å². The summed E-state index contributed by atoms with van der Waals surface area (Å²) in [4.78, 5) is 28.2. The fourth-order valence-corrected chi connectivity index (χ4v) is 4.61. The quantitative estimate of drug-likeness (QED) is 0.218. The van der Waals surface area contributed by atoms with E-state index in [0.717, 1.165) is 11.1 Å². The number of aliphatic hydroxyl groups excluding tert-OH is 1. The first kappa shape index (κ1) is 26.5. The summed E-state index contributed by atoms with van der Waals surface area (Å²) in [5, 5.41) is 11.9. The fourth-order valence-electron chi connectivity index (χ4n) is 4.43. The number of ether oxygens (including phenoxy) is 1. The Bertz CT molecular complexity index is 1370. The predicted molar refractivity (Wildman–Crippen MR) is 148 cm³/mol. The lowest BCUT2D eigenvalue weighted by Crippen LogP contribution is -2.29. The highest BCUT2D eigenvalue weighted by Crippen LogP contribution is 2.43. The molecule has 1 aliphatic rings. The molecule has 37 heavy (non-hydrogen) atoms. The molecule has 1 saturated heterocycles. The number of carbonyl (C=O) groups is 2. The van der Waals surface area contributed by atoms with Crippen LogP contribution in [0.2, 0.25) is 5.02 Å². The normalized spacial score (nSPS) is 17.5. The number of carbonyl (C=O) groups excluding carboxylic acids is 2. The second kappa shape index (κ2) is 10.1. The SMILES string of the molecule is Cc1ccc(N2C(=O)C(=O)/C(=C(/O)c3ccc(OC(C)C)cc3)C2c2ccc(C(C)(C)C)cc2)cc1Cl. The molecular weight excluding hydrogens is 486 g/mol. The van der Waals surface area contributed by atoms with Crippen molar-refractivity contribution in [3.05, 3.63) is 99.6 Å². The first-order valence-electron chi connectivity index (χ1n) is 12.3. The number of benzene rings is 3. The Morgan fingerprint density at radius 3 is 2.14 bits per heavy atom. The zero-order valence-corrected chi connectivity index (χ0v) is 22.8. The second-order valence-corrected chi connectivity index (χ2v) is 11.1. The van der Waals surface area contributed by atoms with E-state index in [0.29, 0.717) is 27.6 Å². The standard InChI is InChI=1S/C31H32ClNO4/c1-18(2)37-24-15-10-21(11-16-24)28(34)26-27(20-8-12-22(13-9-20)31(4,5)6)33(30(36)29(26)35)23-14-7-19(3)25(32)17-23/h7-18,27,34H,1-6H3/b28-26+. The smallest absolute Gasteiger partial charge is 0.300 e. The third-order valence-corrected chi connectivity index (χ3v) is 6.88. The van der Waals surface area contributed by atoms with Crippen molar-refractivity contribution in [2.45, 2.75) is 59.1 Å².